The van der Waals surface area contributed by atoms with Crippen molar-refractivity contribution in [1.82, 2.24) is 4.98 Å². The summed E-state index contributed by atoms with van der Waals surface area (Å²) in [4.78, 5) is 14.5. The number of Topliss-reactive ketones (excluding diaryl/α,β-unsaturated/α-hetero) is 1. The highest BCUT2D eigenvalue weighted by atomic mass is 19.1. The molecule has 2 aromatic rings. The average molecular weight is 205 g/mol. The van der Waals surface area contributed by atoms with E-state index in [1.54, 1.807) is 0 Å². The van der Waals surface area contributed by atoms with Crippen LogP contribution in [0.15, 0.2) is 12.1 Å². The van der Waals surface area contributed by atoms with Crippen molar-refractivity contribution in [1.29, 1.82) is 0 Å². The molecule has 0 aliphatic rings. The topological polar surface area (TPSA) is 32.9 Å². The van der Waals surface area contributed by atoms with Crippen molar-refractivity contribution >= 4 is 16.7 Å². The summed E-state index contributed by atoms with van der Waals surface area (Å²) in [7, 11) is 0. The molecule has 0 aliphatic heterocycles. The van der Waals surface area contributed by atoms with Gasteiger partial charge in [-0.15, -0.1) is 0 Å². The highest BCUT2D eigenvalue weighted by molar-refractivity contribution is 6.08. The molecule has 2 rings (SSSR count). The molecule has 0 amide bonds. The monoisotopic (exact) mass is 205 g/mol. The molecule has 0 unspecified atom stereocenters. The van der Waals surface area contributed by atoms with Crippen molar-refractivity contribution in [3.63, 3.8) is 0 Å². The SMILES string of the molecule is CC(=O)c1c(C)[nH]c2c(C)cc(F)cc12. The summed E-state index contributed by atoms with van der Waals surface area (Å²) >= 11 is 0. The predicted octanol–water partition coefficient (Wildman–Crippen LogP) is 3.13. The van der Waals surface area contributed by atoms with E-state index >= 15 is 0 Å². The highest BCUT2D eigenvalue weighted by Gasteiger charge is 2.14. The molecule has 2 nitrogen and oxygen atoms in total. The van der Waals surface area contributed by atoms with Gasteiger partial charge in [0.1, 0.15) is 5.82 Å². The molecule has 1 aromatic heterocycles. The number of aromatic amines is 1. The Hall–Kier alpha value is -1.64. The van der Waals surface area contributed by atoms with E-state index in [-0.39, 0.29) is 11.6 Å². The number of aromatic nitrogens is 1. The molecule has 1 N–H and O–H groups in total. The summed E-state index contributed by atoms with van der Waals surface area (Å²) in [5.74, 6) is -0.342. The van der Waals surface area contributed by atoms with E-state index in [1.165, 1.54) is 19.1 Å². The van der Waals surface area contributed by atoms with Crippen LogP contribution >= 0.6 is 0 Å². The van der Waals surface area contributed by atoms with Gasteiger partial charge in [0.05, 0.1) is 0 Å². The van der Waals surface area contributed by atoms with E-state index in [0.717, 1.165) is 16.8 Å². The zero-order valence-electron chi connectivity index (χ0n) is 8.94. The summed E-state index contributed by atoms with van der Waals surface area (Å²) in [5, 5.41) is 0.678. The fraction of sp³-hybridized carbons (Fsp3) is 0.250. The van der Waals surface area contributed by atoms with Crippen LogP contribution in [0.5, 0.6) is 0 Å². The van der Waals surface area contributed by atoms with Crippen molar-refractivity contribution < 1.29 is 9.18 Å². The number of rotatable bonds is 1. The van der Waals surface area contributed by atoms with Crippen LogP contribution in [0.1, 0.15) is 28.5 Å². The molecule has 0 saturated carbocycles. The molecule has 15 heavy (non-hydrogen) atoms. The number of ketones is 1. The van der Waals surface area contributed by atoms with Gasteiger partial charge in [-0.25, -0.2) is 4.39 Å². The Morgan fingerprint density at radius 3 is 2.60 bits per heavy atom. The molecule has 0 bridgehead atoms. The molecule has 1 heterocycles. The highest BCUT2D eigenvalue weighted by Crippen LogP contribution is 2.26. The molecule has 1 aromatic carbocycles. The molecule has 0 aliphatic carbocycles. The number of H-pyrrole nitrogens is 1. The minimum Gasteiger partial charge on any atom is -0.358 e. The summed E-state index contributed by atoms with van der Waals surface area (Å²) in [6, 6.07) is 2.87. The minimum absolute atomic E-state index is 0.0382. The predicted molar refractivity (Wildman–Crippen MR) is 57.7 cm³/mol. The molecule has 3 heteroatoms. The Morgan fingerprint density at radius 2 is 2.00 bits per heavy atom. The van der Waals surface area contributed by atoms with Gasteiger partial charge >= 0.3 is 0 Å². The van der Waals surface area contributed by atoms with Crippen LogP contribution in [0.25, 0.3) is 10.9 Å². The van der Waals surface area contributed by atoms with Crippen molar-refractivity contribution in [2.75, 3.05) is 0 Å². The fourth-order valence-electron chi connectivity index (χ4n) is 2.01. The Labute approximate surface area is 87.1 Å². The lowest BCUT2D eigenvalue weighted by Gasteiger charge is -1.98. The Morgan fingerprint density at radius 1 is 1.33 bits per heavy atom. The third kappa shape index (κ3) is 1.44. The second-order valence-corrected chi connectivity index (χ2v) is 3.83. The number of fused-ring (bicyclic) bond motifs is 1. The van der Waals surface area contributed by atoms with Crippen molar-refractivity contribution in [2.24, 2.45) is 0 Å². The second kappa shape index (κ2) is 3.19. The Balaban J connectivity index is 2.93. The quantitative estimate of drug-likeness (QED) is 0.713. The average Bonchev–Trinajstić information content (AvgIpc) is 2.41. The fourth-order valence-corrected chi connectivity index (χ4v) is 2.01. The van der Waals surface area contributed by atoms with Gasteiger partial charge in [-0.05, 0) is 38.5 Å². The first-order chi connectivity index (χ1) is 7.00. The molecular formula is C12H12FNO. The third-order valence-corrected chi connectivity index (χ3v) is 2.61. The van der Waals surface area contributed by atoms with Crippen LogP contribution in [-0.4, -0.2) is 10.8 Å². The van der Waals surface area contributed by atoms with E-state index in [9.17, 15) is 9.18 Å². The van der Waals surface area contributed by atoms with Crippen molar-refractivity contribution in [2.45, 2.75) is 20.8 Å². The largest absolute Gasteiger partial charge is 0.358 e. The number of hydrogen-bond donors (Lipinski definition) is 1. The van der Waals surface area contributed by atoms with E-state index in [4.69, 9.17) is 0 Å². The van der Waals surface area contributed by atoms with Gasteiger partial charge in [0.25, 0.3) is 0 Å². The zero-order chi connectivity index (χ0) is 11.2. The molecule has 78 valence electrons. The number of carbonyl (C=O) groups is 1. The first kappa shape index (κ1) is 9.90. The summed E-state index contributed by atoms with van der Waals surface area (Å²) in [5.41, 5.74) is 3.05. The van der Waals surface area contributed by atoms with Gasteiger partial charge in [0.15, 0.2) is 5.78 Å². The third-order valence-electron chi connectivity index (χ3n) is 2.61. The Kier molecular flexibility index (Phi) is 2.11. The number of carbonyl (C=O) groups excluding carboxylic acids is 1. The molecule has 0 radical (unpaired) electrons. The van der Waals surface area contributed by atoms with Gasteiger partial charge in [0, 0.05) is 22.2 Å². The standard InChI is InChI=1S/C12H12FNO/c1-6-4-9(13)5-10-11(8(3)15)7(2)14-12(6)10/h4-5,14H,1-3H3. The van der Waals surface area contributed by atoms with Gasteiger partial charge in [0.2, 0.25) is 0 Å². The molecule has 0 spiro atoms. The normalized spacial score (nSPS) is 10.9. The minimum atomic E-state index is -0.304. The first-order valence-corrected chi connectivity index (χ1v) is 4.80. The summed E-state index contributed by atoms with van der Waals surface area (Å²) < 4.78 is 13.2. The van der Waals surface area contributed by atoms with Gasteiger partial charge in [-0.2, -0.15) is 0 Å². The Bertz CT molecular complexity index is 554. The zero-order valence-corrected chi connectivity index (χ0v) is 8.94. The van der Waals surface area contributed by atoms with Crippen LogP contribution in [0, 0.1) is 19.7 Å². The molecule has 0 saturated heterocycles. The van der Waals surface area contributed by atoms with Crippen LogP contribution in [-0.2, 0) is 0 Å². The van der Waals surface area contributed by atoms with Crippen LogP contribution in [0.3, 0.4) is 0 Å². The number of hydrogen-bond acceptors (Lipinski definition) is 1. The van der Waals surface area contributed by atoms with E-state index in [2.05, 4.69) is 4.98 Å². The number of halogens is 1. The first-order valence-electron chi connectivity index (χ1n) is 4.80. The van der Waals surface area contributed by atoms with Crippen LogP contribution in [0.2, 0.25) is 0 Å². The lowest BCUT2D eigenvalue weighted by Crippen LogP contribution is -1.93. The molecule has 0 atom stereocenters. The van der Waals surface area contributed by atoms with Crippen molar-refractivity contribution in [3.8, 4) is 0 Å². The second-order valence-electron chi connectivity index (χ2n) is 3.83. The van der Waals surface area contributed by atoms with Crippen molar-refractivity contribution in [3.05, 3.63) is 34.8 Å². The lowest BCUT2D eigenvalue weighted by molar-refractivity contribution is 0.101. The van der Waals surface area contributed by atoms with E-state index in [1.807, 2.05) is 13.8 Å². The van der Waals surface area contributed by atoms with Crippen LogP contribution < -0.4 is 0 Å². The maximum Gasteiger partial charge on any atom is 0.162 e. The number of nitrogens with one attached hydrogen (secondary N) is 1. The lowest BCUT2D eigenvalue weighted by atomic mass is 10.1. The maximum atomic E-state index is 13.2. The molecular weight excluding hydrogens is 193 g/mol. The smallest absolute Gasteiger partial charge is 0.162 e. The van der Waals surface area contributed by atoms with Crippen LogP contribution in [0.4, 0.5) is 4.39 Å². The summed E-state index contributed by atoms with van der Waals surface area (Å²) in [6.07, 6.45) is 0. The van der Waals surface area contributed by atoms with Gasteiger partial charge in [-0.1, -0.05) is 0 Å². The van der Waals surface area contributed by atoms with E-state index < -0.39 is 0 Å². The van der Waals surface area contributed by atoms with E-state index in [0.29, 0.717) is 10.9 Å². The van der Waals surface area contributed by atoms with Gasteiger partial charge in [-0.3, -0.25) is 4.79 Å². The maximum absolute atomic E-state index is 13.2. The summed E-state index contributed by atoms with van der Waals surface area (Å²) in [6.45, 7) is 5.15. The number of benzene rings is 1. The van der Waals surface area contributed by atoms with Gasteiger partial charge < -0.3 is 4.98 Å². The number of aryl methyl sites for hydroxylation is 2. The molecule has 0 fully saturated rings.